The lowest BCUT2D eigenvalue weighted by molar-refractivity contribution is 0.252. The Hall–Kier alpha value is -2.38. The maximum atomic E-state index is 14.9. The van der Waals surface area contributed by atoms with Crippen molar-refractivity contribution in [1.82, 2.24) is 9.78 Å². The number of halogens is 3. The third-order valence-electron chi connectivity index (χ3n) is 4.62. The summed E-state index contributed by atoms with van der Waals surface area (Å²) in [5.41, 5.74) is 0.982. The molecule has 0 aliphatic rings. The molecule has 0 bridgehead atoms. The second-order valence-electron chi connectivity index (χ2n) is 6.58. The second kappa shape index (κ2) is 9.18. The topological polar surface area (TPSA) is 36.3 Å². The van der Waals surface area contributed by atoms with E-state index in [1.54, 1.807) is 0 Å². The van der Waals surface area contributed by atoms with Crippen LogP contribution < -0.4 is 9.47 Å². The summed E-state index contributed by atoms with van der Waals surface area (Å²) in [4.78, 5) is 0. The fourth-order valence-corrected chi connectivity index (χ4v) is 4.21. The summed E-state index contributed by atoms with van der Waals surface area (Å²) in [7, 11) is 0. The predicted octanol–water partition coefficient (Wildman–Crippen LogP) is 6.85. The SMILES string of the molecule is CCOc1c(F)c(-c2ccccc2)nn1CCOc1ccc2cc(Br)ccc2c1Br. The Bertz CT molecular complexity index is 1180. The molecule has 0 atom stereocenters. The molecule has 0 aliphatic heterocycles. The van der Waals surface area contributed by atoms with Crippen LogP contribution in [0.2, 0.25) is 0 Å². The Balaban J connectivity index is 1.54. The number of benzene rings is 3. The number of nitrogens with zero attached hydrogens (tertiary/aromatic N) is 2. The van der Waals surface area contributed by atoms with Crippen molar-refractivity contribution in [2.75, 3.05) is 13.2 Å². The van der Waals surface area contributed by atoms with Gasteiger partial charge in [0.1, 0.15) is 18.1 Å². The smallest absolute Gasteiger partial charge is 0.249 e. The standard InChI is InChI=1S/C23H19Br2FN2O2/c1-2-29-23-21(26)22(15-6-4-3-5-7-15)27-28(23)12-13-30-19-11-8-16-14-17(24)9-10-18(16)20(19)25/h3-11,14H,2,12-13H2,1H3. The van der Waals surface area contributed by atoms with E-state index < -0.39 is 5.82 Å². The number of ether oxygens (including phenoxy) is 2. The number of fused-ring (bicyclic) bond motifs is 1. The van der Waals surface area contributed by atoms with Crippen LogP contribution in [0.4, 0.5) is 4.39 Å². The lowest BCUT2D eigenvalue weighted by Crippen LogP contribution is -2.12. The first-order valence-corrected chi connectivity index (χ1v) is 11.1. The number of aromatic nitrogens is 2. The summed E-state index contributed by atoms with van der Waals surface area (Å²) in [5, 5.41) is 6.59. The van der Waals surface area contributed by atoms with Gasteiger partial charge in [0.15, 0.2) is 0 Å². The van der Waals surface area contributed by atoms with Crippen molar-refractivity contribution in [3.8, 4) is 22.9 Å². The molecular formula is C23H19Br2FN2O2. The van der Waals surface area contributed by atoms with Gasteiger partial charge in [-0.05, 0) is 51.8 Å². The number of rotatable bonds is 7. The maximum absolute atomic E-state index is 14.9. The zero-order valence-electron chi connectivity index (χ0n) is 16.2. The summed E-state index contributed by atoms with van der Waals surface area (Å²) in [6.07, 6.45) is 0. The maximum Gasteiger partial charge on any atom is 0.249 e. The minimum absolute atomic E-state index is 0.127. The van der Waals surface area contributed by atoms with E-state index in [2.05, 4.69) is 43.0 Å². The van der Waals surface area contributed by atoms with Crippen LogP contribution in [0.1, 0.15) is 6.92 Å². The van der Waals surface area contributed by atoms with E-state index in [4.69, 9.17) is 9.47 Å². The average Bonchev–Trinajstić information content (AvgIpc) is 3.06. The average molecular weight is 534 g/mol. The summed E-state index contributed by atoms with van der Waals surface area (Å²) in [5.74, 6) is 0.390. The largest absolute Gasteiger partial charge is 0.490 e. The predicted molar refractivity (Wildman–Crippen MR) is 124 cm³/mol. The van der Waals surface area contributed by atoms with E-state index in [0.717, 1.165) is 25.5 Å². The van der Waals surface area contributed by atoms with Gasteiger partial charge in [0, 0.05) is 10.0 Å². The molecule has 1 aromatic heterocycles. The van der Waals surface area contributed by atoms with E-state index in [-0.39, 0.29) is 11.6 Å². The lowest BCUT2D eigenvalue weighted by atomic mass is 10.1. The first kappa shape index (κ1) is 20.9. The van der Waals surface area contributed by atoms with E-state index in [1.165, 1.54) is 4.68 Å². The van der Waals surface area contributed by atoms with E-state index in [1.807, 2.05) is 61.5 Å². The van der Waals surface area contributed by atoms with Gasteiger partial charge in [0.2, 0.25) is 11.7 Å². The molecule has 0 spiro atoms. The molecule has 0 fully saturated rings. The first-order valence-electron chi connectivity index (χ1n) is 9.53. The number of hydrogen-bond acceptors (Lipinski definition) is 3. The molecule has 4 aromatic rings. The Kier molecular flexibility index (Phi) is 6.39. The first-order chi connectivity index (χ1) is 14.6. The van der Waals surface area contributed by atoms with Crippen molar-refractivity contribution in [3.05, 3.63) is 75.4 Å². The second-order valence-corrected chi connectivity index (χ2v) is 8.29. The molecule has 0 saturated carbocycles. The fourth-order valence-electron chi connectivity index (χ4n) is 3.23. The summed E-state index contributed by atoms with van der Waals surface area (Å²) < 4.78 is 29.8. The molecule has 0 amide bonds. The van der Waals surface area contributed by atoms with Crippen LogP contribution in [-0.2, 0) is 6.54 Å². The Morgan fingerprint density at radius 2 is 1.80 bits per heavy atom. The van der Waals surface area contributed by atoms with Gasteiger partial charge in [0.05, 0.1) is 17.6 Å². The van der Waals surface area contributed by atoms with Gasteiger partial charge in [0.25, 0.3) is 0 Å². The van der Waals surface area contributed by atoms with Crippen molar-refractivity contribution in [1.29, 1.82) is 0 Å². The summed E-state index contributed by atoms with van der Waals surface area (Å²) >= 11 is 7.12. The van der Waals surface area contributed by atoms with Crippen molar-refractivity contribution in [3.63, 3.8) is 0 Å². The zero-order chi connectivity index (χ0) is 21.1. The van der Waals surface area contributed by atoms with Crippen LogP contribution in [0.15, 0.2) is 69.6 Å². The third-order valence-corrected chi connectivity index (χ3v) is 5.93. The molecule has 0 aliphatic carbocycles. The van der Waals surface area contributed by atoms with Gasteiger partial charge in [-0.2, -0.15) is 9.49 Å². The summed E-state index contributed by atoms with van der Waals surface area (Å²) in [6, 6.07) is 19.2. The highest BCUT2D eigenvalue weighted by molar-refractivity contribution is 9.11. The minimum Gasteiger partial charge on any atom is -0.490 e. The van der Waals surface area contributed by atoms with Crippen LogP contribution in [0.3, 0.4) is 0 Å². The van der Waals surface area contributed by atoms with Crippen LogP contribution >= 0.6 is 31.9 Å². The normalized spacial score (nSPS) is 11.1. The molecule has 154 valence electrons. The summed E-state index contributed by atoms with van der Waals surface area (Å²) in [6.45, 7) is 2.84. The Morgan fingerprint density at radius 1 is 1.00 bits per heavy atom. The van der Waals surface area contributed by atoms with Crippen molar-refractivity contribution >= 4 is 42.6 Å². The molecule has 0 radical (unpaired) electrons. The van der Waals surface area contributed by atoms with Gasteiger partial charge < -0.3 is 9.47 Å². The Labute approximate surface area is 190 Å². The minimum atomic E-state index is -0.458. The van der Waals surface area contributed by atoms with Crippen LogP contribution in [0, 0.1) is 5.82 Å². The van der Waals surface area contributed by atoms with E-state index in [0.29, 0.717) is 25.3 Å². The third kappa shape index (κ3) is 4.23. The highest BCUT2D eigenvalue weighted by atomic mass is 79.9. The lowest BCUT2D eigenvalue weighted by Gasteiger charge is -2.12. The number of hydrogen-bond donors (Lipinski definition) is 0. The Morgan fingerprint density at radius 3 is 2.57 bits per heavy atom. The van der Waals surface area contributed by atoms with Gasteiger partial charge in [-0.1, -0.05) is 58.4 Å². The van der Waals surface area contributed by atoms with E-state index in [9.17, 15) is 4.39 Å². The molecule has 0 unspecified atom stereocenters. The molecule has 0 N–H and O–H groups in total. The highest BCUT2D eigenvalue weighted by Crippen LogP contribution is 2.35. The molecule has 7 heteroatoms. The monoisotopic (exact) mass is 532 g/mol. The quantitative estimate of drug-likeness (QED) is 0.261. The van der Waals surface area contributed by atoms with Gasteiger partial charge >= 0.3 is 0 Å². The van der Waals surface area contributed by atoms with Crippen LogP contribution in [-0.4, -0.2) is 23.0 Å². The van der Waals surface area contributed by atoms with Crippen molar-refractivity contribution < 1.29 is 13.9 Å². The molecule has 30 heavy (non-hydrogen) atoms. The molecule has 4 rings (SSSR count). The van der Waals surface area contributed by atoms with E-state index >= 15 is 0 Å². The zero-order valence-corrected chi connectivity index (χ0v) is 19.4. The van der Waals surface area contributed by atoms with Crippen LogP contribution in [0.25, 0.3) is 22.0 Å². The molecule has 3 aromatic carbocycles. The molecular weight excluding hydrogens is 515 g/mol. The fraction of sp³-hybridized carbons (Fsp3) is 0.174. The molecule has 1 heterocycles. The highest BCUT2D eigenvalue weighted by Gasteiger charge is 2.20. The van der Waals surface area contributed by atoms with Crippen molar-refractivity contribution in [2.24, 2.45) is 0 Å². The van der Waals surface area contributed by atoms with Crippen molar-refractivity contribution in [2.45, 2.75) is 13.5 Å². The molecule has 0 saturated heterocycles. The van der Waals surface area contributed by atoms with Gasteiger partial charge in [-0.15, -0.1) is 0 Å². The van der Waals surface area contributed by atoms with Crippen LogP contribution in [0.5, 0.6) is 11.6 Å². The van der Waals surface area contributed by atoms with Gasteiger partial charge in [-0.3, -0.25) is 0 Å². The molecule has 4 nitrogen and oxygen atoms in total. The van der Waals surface area contributed by atoms with Gasteiger partial charge in [-0.25, -0.2) is 4.68 Å².